The molecule has 0 saturated heterocycles. The van der Waals surface area contributed by atoms with Gasteiger partial charge in [0.2, 0.25) is 0 Å². The number of benzene rings is 2. The van der Waals surface area contributed by atoms with Crippen LogP contribution in [0, 0.1) is 5.92 Å². The lowest BCUT2D eigenvalue weighted by molar-refractivity contribution is 0.302. The third kappa shape index (κ3) is 5.70. The van der Waals surface area contributed by atoms with Crippen molar-refractivity contribution < 1.29 is 4.74 Å². The number of hydrogen-bond acceptors (Lipinski definition) is 3. The normalized spacial score (nSPS) is 19.0. The molecule has 1 atom stereocenters. The van der Waals surface area contributed by atoms with Gasteiger partial charge in [-0.3, -0.25) is 0 Å². The van der Waals surface area contributed by atoms with Gasteiger partial charge in [-0.1, -0.05) is 61.4 Å². The second-order valence-corrected chi connectivity index (χ2v) is 10.7. The van der Waals surface area contributed by atoms with Gasteiger partial charge in [0, 0.05) is 29.9 Å². The fourth-order valence-electron chi connectivity index (χ4n) is 4.90. The van der Waals surface area contributed by atoms with Crippen molar-refractivity contribution in [2.45, 2.75) is 70.4 Å². The van der Waals surface area contributed by atoms with Gasteiger partial charge in [-0.15, -0.1) is 0 Å². The number of hydrogen-bond donors (Lipinski definition) is 1. The molecule has 1 aliphatic heterocycles. The van der Waals surface area contributed by atoms with Crippen molar-refractivity contribution >= 4 is 17.2 Å². The van der Waals surface area contributed by atoms with Crippen LogP contribution in [0.3, 0.4) is 0 Å². The Morgan fingerprint density at radius 2 is 1.91 bits per heavy atom. The number of para-hydroxylation sites is 1. The summed E-state index contributed by atoms with van der Waals surface area (Å²) in [5.74, 6) is 2.22. The lowest BCUT2D eigenvalue weighted by Gasteiger charge is -2.28. The Morgan fingerprint density at radius 1 is 1.09 bits per heavy atom. The number of rotatable bonds is 11. The number of nitrogens with two attached hydrogens (primary N) is 1. The molecule has 2 aliphatic carbocycles. The molecule has 2 N–H and O–H groups in total. The van der Waals surface area contributed by atoms with Gasteiger partial charge in [0.15, 0.2) is 0 Å². The molecule has 0 unspecified atom stereocenters. The van der Waals surface area contributed by atoms with Crippen LogP contribution >= 0.6 is 11.6 Å². The van der Waals surface area contributed by atoms with Crippen LogP contribution in [-0.2, 0) is 6.54 Å². The van der Waals surface area contributed by atoms with Gasteiger partial charge in [0.1, 0.15) is 5.75 Å². The van der Waals surface area contributed by atoms with Gasteiger partial charge in [0.05, 0.1) is 6.10 Å². The van der Waals surface area contributed by atoms with Crippen molar-refractivity contribution in [2.75, 3.05) is 13.1 Å². The molecule has 0 bridgehead atoms. The lowest BCUT2D eigenvalue weighted by atomic mass is 9.91. The molecule has 2 aromatic carbocycles. The van der Waals surface area contributed by atoms with Gasteiger partial charge < -0.3 is 15.4 Å². The summed E-state index contributed by atoms with van der Waals surface area (Å²) in [6.07, 6.45) is 13.6. The molecular weight excluding hydrogens is 440 g/mol. The predicted octanol–water partition coefficient (Wildman–Crippen LogP) is 7.31. The van der Waals surface area contributed by atoms with E-state index >= 15 is 0 Å². The molecule has 0 radical (unpaired) electrons. The molecule has 180 valence electrons. The average molecular weight is 477 g/mol. The van der Waals surface area contributed by atoms with E-state index in [1.165, 1.54) is 66.4 Å². The van der Waals surface area contributed by atoms with Crippen molar-refractivity contribution in [1.29, 1.82) is 0 Å². The molecule has 0 spiro atoms. The van der Waals surface area contributed by atoms with Crippen molar-refractivity contribution in [3.05, 3.63) is 82.0 Å². The first-order valence-electron chi connectivity index (χ1n) is 13.0. The summed E-state index contributed by atoms with van der Waals surface area (Å²) < 4.78 is 6.26. The van der Waals surface area contributed by atoms with E-state index in [0.29, 0.717) is 17.9 Å². The van der Waals surface area contributed by atoms with Crippen molar-refractivity contribution in [3.8, 4) is 5.75 Å². The maximum Gasteiger partial charge on any atom is 0.127 e. The maximum absolute atomic E-state index is 6.66. The lowest BCUT2D eigenvalue weighted by Crippen LogP contribution is -2.22. The molecule has 2 aromatic rings. The Hall–Kier alpha value is -2.23. The highest BCUT2D eigenvalue weighted by Gasteiger charge is 2.32. The van der Waals surface area contributed by atoms with Crippen molar-refractivity contribution in [1.82, 2.24) is 4.90 Å². The second-order valence-electron chi connectivity index (χ2n) is 10.3. The van der Waals surface area contributed by atoms with E-state index < -0.39 is 0 Å². The number of allylic oxidation sites excluding steroid dienone is 2. The first-order valence-corrected chi connectivity index (χ1v) is 13.4. The molecule has 5 rings (SSSR count). The molecule has 0 aromatic heterocycles. The third-order valence-electron chi connectivity index (χ3n) is 7.28. The van der Waals surface area contributed by atoms with E-state index in [4.69, 9.17) is 22.1 Å². The molecule has 3 nitrogen and oxygen atoms in total. The molecule has 4 heteroatoms. The standard InChI is InChI=1S/C30H37ClN2O/c1-21(6-4-5-16-32)23-11-14-29(31)24(18-23)19-33-17-15-26(28(20-33)22-9-10-22)27-7-2-3-8-30(27)34-25-12-13-25/h2-3,7-8,11,14-15,18,20-22,25H,4-6,9-10,12-13,16-17,19,32H2,1H3/t21-/m0/s1. The molecule has 3 aliphatic rings. The fourth-order valence-corrected chi connectivity index (χ4v) is 5.08. The summed E-state index contributed by atoms with van der Waals surface area (Å²) in [7, 11) is 0. The SMILES string of the molecule is C[C@@H](CCCCN)c1ccc(Cl)c(CN2C=C(C3CC3)C(c3ccccc3OC3CC3)=CC2)c1. The Morgan fingerprint density at radius 3 is 2.68 bits per heavy atom. The summed E-state index contributed by atoms with van der Waals surface area (Å²) in [6.45, 7) is 4.81. The number of halogens is 1. The van der Waals surface area contributed by atoms with E-state index in [1.54, 1.807) is 0 Å². The minimum absolute atomic E-state index is 0.405. The second kappa shape index (κ2) is 10.6. The van der Waals surface area contributed by atoms with Crippen LogP contribution in [0.15, 0.2) is 60.3 Å². The summed E-state index contributed by atoms with van der Waals surface area (Å²) in [5, 5.41) is 0.859. The van der Waals surface area contributed by atoms with E-state index in [-0.39, 0.29) is 0 Å². The average Bonchev–Trinajstić information content (AvgIpc) is 3.76. The third-order valence-corrected chi connectivity index (χ3v) is 7.65. The summed E-state index contributed by atoms with van der Waals surface area (Å²) >= 11 is 6.66. The molecule has 2 saturated carbocycles. The smallest absolute Gasteiger partial charge is 0.127 e. The fraction of sp³-hybridized carbons (Fsp3) is 0.467. The van der Waals surface area contributed by atoms with Gasteiger partial charge in [-0.05, 0) is 91.3 Å². The van der Waals surface area contributed by atoms with Crippen LogP contribution in [0.25, 0.3) is 5.57 Å². The topological polar surface area (TPSA) is 38.5 Å². The van der Waals surface area contributed by atoms with Crippen LogP contribution in [-0.4, -0.2) is 24.1 Å². The van der Waals surface area contributed by atoms with Crippen LogP contribution < -0.4 is 10.5 Å². The highest BCUT2D eigenvalue weighted by atomic mass is 35.5. The van der Waals surface area contributed by atoms with Crippen molar-refractivity contribution in [2.24, 2.45) is 11.7 Å². The maximum atomic E-state index is 6.66. The van der Waals surface area contributed by atoms with E-state index in [0.717, 1.165) is 36.8 Å². The summed E-state index contributed by atoms with van der Waals surface area (Å²) in [6, 6.07) is 15.2. The van der Waals surface area contributed by atoms with Crippen molar-refractivity contribution in [3.63, 3.8) is 0 Å². The van der Waals surface area contributed by atoms with E-state index in [9.17, 15) is 0 Å². The quantitative estimate of drug-likeness (QED) is 0.345. The van der Waals surface area contributed by atoms with Crippen LogP contribution in [0.2, 0.25) is 5.02 Å². The van der Waals surface area contributed by atoms with Crippen LogP contribution in [0.4, 0.5) is 0 Å². The first kappa shape index (κ1) is 23.5. The highest BCUT2D eigenvalue weighted by molar-refractivity contribution is 6.31. The molecule has 34 heavy (non-hydrogen) atoms. The highest BCUT2D eigenvalue weighted by Crippen LogP contribution is 2.47. The minimum Gasteiger partial charge on any atom is -0.490 e. The van der Waals surface area contributed by atoms with E-state index in [2.05, 4.69) is 66.6 Å². The largest absolute Gasteiger partial charge is 0.490 e. The van der Waals surface area contributed by atoms with Gasteiger partial charge in [0.25, 0.3) is 0 Å². The zero-order valence-corrected chi connectivity index (χ0v) is 21.1. The van der Waals surface area contributed by atoms with Gasteiger partial charge in [-0.2, -0.15) is 0 Å². The number of ether oxygens (including phenoxy) is 1. The summed E-state index contributed by atoms with van der Waals surface area (Å²) in [5.41, 5.74) is 12.3. The monoisotopic (exact) mass is 476 g/mol. The molecule has 1 heterocycles. The first-order chi connectivity index (χ1) is 16.6. The number of nitrogens with zero attached hydrogens (tertiary/aromatic N) is 1. The molecule has 0 amide bonds. The Bertz CT molecular complexity index is 1070. The Kier molecular flexibility index (Phi) is 7.32. The molecule has 2 fully saturated rings. The van der Waals surface area contributed by atoms with Gasteiger partial charge in [-0.25, -0.2) is 0 Å². The Labute approximate surface area is 209 Å². The van der Waals surface area contributed by atoms with Gasteiger partial charge >= 0.3 is 0 Å². The molecular formula is C30H37ClN2O. The summed E-state index contributed by atoms with van der Waals surface area (Å²) in [4.78, 5) is 2.42. The zero-order chi connectivity index (χ0) is 23.5. The van der Waals surface area contributed by atoms with Crippen LogP contribution in [0.5, 0.6) is 5.75 Å². The minimum atomic E-state index is 0.405. The van der Waals surface area contributed by atoms with E-state index in [1.807, 2.05) is 0 Å². The zero-order valence-electron chi connectivity index (χ0n) is 20.3. The Balaban J connectivity index is 1.33. The number of unbranched alkanes of at least 4 members (excludes halogenated alkanes) is 1. The predicted molar refractivity (Wildman–Crippen MR) is 142 cm³/mol. The van der Waals surface area contributed by atoms with Crippen LogP contribution in [0.1, 0.15) is 74.5 Å².